The summed E-state index contributed by atoms with van der Waals surface area (Å²) in [6, 6.07) is 9.29. The molecule has 1 atom stereocenters. The van der Waals surface area contributed by atoms with E-state index < -0.39 is 6.04 Å². The third-order valence-electron chi connectivity index (χ3n) is 6.84. The van der Waals surface area contributed by atoms with Gasteiger partial charge >= 0.3 is 0 Å². The van der Waals surface area contributed by atoms with Crippen molar-refractivity contribution >= 4 is 16.8 Å². The maximum absolute atomic E-state index is 13.1. The molecular formula is C24H26N4O2. The summed E-state index contributed by atoms with van der Waals surface area (Å²) in [4.78, 5) is 21.7. The Morgan fingerprint density at radius 2 is 2.00 bits per heavy atom. The van der Waals surface area contributed by atoms with E-state index in [-0.39, 0.29) is 23.0 Å². The van der Waals surface area contributed by atoms with Gasteiger partial charge in [-0.15, -0.1) is 0 Å². The molecule has 2 aliphatic carbocycles. The minimum Gasteiger partial charge on any atom is -0.505 e. The topological polar surface area (TPSA) is 101 Å². The van der Waals surface area contributed by atoms with Gasteiger partial charge in [0.1, 0.15) is 11.3 Å². The molecule has 6 heteroatoms. The van der Waals surface area contributed by atoms with Crippen LogP contribution in [0, 0.1) is 18.3 Å². The quantitative estimate of drug-likeness (QED) is 0.621. The number of hydrogen-bond acceptors (Lipinski definition) is 5. The van der Waals surface area contributed by atoms with Crippen LogP contribution >= 0.6 is 0 Å². The summed E-state index contributed by atoms with van der Waals surface area (Å²) in [7, 11) is 0. The number of nitrogens with two attached hydrogens (primary N) is 1. The standard InChI is InChI=1S/C24H26N4O2/c1-14-8-19(22(29)21-18(14)5-3-7-27-21)20(15-4-2-6-26-13-15)28-23(30)16-9-24(10-16)11-17(25)12-24/h2-8,13,16-17,20,29H,9-12,25H2,1H3,(H,28,30). The lowest BCUT2D eigenvalue weighted by atomic mass is 9.50. The molecule has 4 N–H and O–H groups in total. The van der Waals surface area contributed by atoms with Gasteiger partial charge in [-0.3, -0.25) is 14.8 Å². The molecule has 0 bridgehead atoms. The zero-order chi connectivity index (χ0) is 20.9. The number of rotatable bonds is 4. The van der Waals surface area contributed by atoms with E-state index >= 15 is 0 Å². The van der Waals surface area contributed by atoms with Crippen molar-refractivity contribution in [3.63, 3.8) is 0 Å². The van der Waals surface area contributed by atoms with Gasteiger partial charge in [-0.25, -0.2) is 0 Å². The number of pyridine rings is 2. The van der Waals surface area contributed by atoms with Gasteiger partial charge < -0.3 is 16.2 Å². The van der Waals surface area contributed by atoms with E-state index in [1.165, 1.54) is 0 Å². The summed E-state index contributed by atoms with van der Waals surface area (Å²) in [5.41, 5.74) is 9.25. The number of phenolic OH excluding ortho intramolecular Hbond substituents is 1. The Bertz CT molecular complexity index is 1100. The molecule has 6 nitrogen and oxygen atoms in total. The molecule has 0 saturated heterocycles. The molecule has 2 saturated carbocycles. The number of nitrogens with one attached hydrogen (secondary N) is 1. The van der Waals surface area contributed by atoms with E-state index in [9.17, 15) is 9.90 Å². The number of phenols is 1. The van der Waals surface area contributed by atoms with E-state index in [1.807, 2.05) is 37.3 Å². The fraction of sp³-hybridized carbons (Fsp3) is 0.375. The van der Waals surface area contributed by atoms with E-state index in [2.05, 4.69) is 15.3 Å². The van der Waals surface area contributed by atoms with Crippen molar-refractivity contribution in [3.05, 3.63) is 65.6 Å². The molecule has 2 aliphatic rings. The van der Waals surface area contributed by atoms with Gasteiger partial charge in [0.15, 0.2) is 0 Å². The van der Waals surface area contributed by atoms with Crippen LogP contribution in [0.4, 0.5) is 0 Å². The number of benzene rings is 1. The van der Waals surface area contributed by atoms with E-state index in [0.717, 1.165) is 42.2 Å². The van der Waals surface area contributed by atoms with Crippen LogP contribution in [0.25, 0.3) is 10.9 Å². The molecule has 0 aliphatic heterocycles. The monoisotopic (exact) mass is 402 g/mol. The number of aromatic nitrogens is 2. The molecule has 2 aromatic heterocycles. The fourth-order valence-electron chi connectivity index (χ4n) is 5.35. The minimum atomic E-state index is -0.489. The summed E-state index contributed by atoms with van der Waals surface area (Å²) in [6.45, 7) is 1.99. The van der Waals surface area contributed by atoms with Gasteiger partial charge in [0, 0.05) is 41.5 Å². The van der Waals surface area contributed by atoms with Crippen LogP contribution in [-0.4, -0.2) is 27.0 Å². The molecule has 154 valence electrons. The van der Waals surface area contributed by atoms with Crippen LogP contribution in [0.15, 0.2) is 48.9 Å². The summed E-state index contributed by atoms with van der Waals surface area (Å²) in [5.74, 6) is 0.118. The third kappa shape index (κ3) is 3.12. The minimum absolute atomic E-state index is 0.00140. The van der Waals surface area contributed by atoms with E-state index in [1.54, 1.807) is 18.6 Å². The van der Waals surface area contributed by atoms with Crippen LogP contribution in [0.3, 0.4) is 0 Å². The van der Waals surface area contributed by atoms with Crippen molar-refractivity contribution in [3.8, 4) is 5.75 Å². The van der Waals surface area contributed by atoms with Gasteiger partial charge in [0.2, 0.25) is 5.91 Å². The Morgan fingerprint density at radius 1 is 1.23 bits per heavy atom. The molecular weight excluding hydrogens is 376 g/mol. The van der Waals surface area contributed by atoms with E-state index in [4.69, 9.17) is 5.73 Å². The van der Waals surface area contributed by atoms with Crippen molar-refractivity contribution in [1.82, 2.24) is 15.3 Å². The van der Waals surface area contributed by atoms with Crippen LogP contribution in [-0.2, 0) is 4.79 Å². The Balaban J connectivity index is 1.47. The normalized spacial score (nSPS) is 26.1. The van der Waals surface area contributed by atoms with Crippen molar-refractivity contribution in [2.45, 2.75) is 44.7 Å². The van der Waals surface area contributed by atoms with Gasteiger partial charge in [0.25, 0.3) is 0 Å². The highest BCUT2D eigenvalue weighted by molar-refractivity contribution is 5.89. The Labute approximate surface area is 175 Å². The van der Waals surface area contributed by atoms with Gasteiger partial charge in [-0.05, 0) is 67.3 Å². The second-order valence-electron chi connectivity index (χ2n) is 9.03. The van der Waals surface area contributed by atoms with Crippen LogP contribution in [0.5, 0.6) is 5.75 Å². The van der Waals surface area contributed by atoms with Crippen molar-refractivity contribution in [2.75, 3.05) is 0 Å². The average Bonchev–Trinajstić information content (AvgIpc) is 2.71. The predicted octanol–water partition coefficient (Wildman–Crippen LogP) is 3.37. The highest BCUT2D eigenvalue weighted by atomic mass is 16.3. The summed E-state index contributed by atoms with van der Waals surface area (Å²) in [5, 5.41) is 15.1. The molecule has 0 radical (unpaired) electrons. The van der Waals surface area contributed by atoms with Crippen LogP contribution < -0.4 is 11.1 Å². The third-order valence-corrected chi connectivity index (χ3v) is 6.84. The molecule has 2 heterocycles. The maximum atomic E-state index is 13.1. The molecule has 1 unspecified atom stereocenters. The average molecular weight is 402 g/mol. The van der Waals surface area contributed by atoms with Gasteiger partial charge in [-0.1, -0.05) is 12.1 Å². The smallest absolute Gasteiger partial charge is 0.223 e. The first kappa shape index (κ1) is 19.0. The second kappa shape index (κ2) is 7.06. The molecule has 1 spiro atoms. The summed E-state index contributed by atoms with van der Waals surface area (Å²) >= 11 is 0. The first-order chi connectivity index (χ1) is 14.5. The molecule has 1 aromatic carbocycles. The maximum Gasteiger partial charge on any atom is 0.223 e. The fourth-order valence-corrected chi connectivity index (χ4v) is 5.35. The second-order valence-corrected chi connectivity index (χ2v) is 9.03. The first-order valence-corrected chi connectivity index (χ1v) is 10.5. The number of hydrogen-bond donors (Lipinski definition) is 3. The van der Waals surface area contributed by atoms with E-state index in [0.29, 0.717) is 17.1 Å². The SMILES string of the molecule is Cc1cc(C(NC(=O)C2CC3(CC(N)C3)C2)c2cccnc2)c(O)c2ncccc12. The number of amides is 1. The number of aromatic hydroxyl groups is 1. The molecule has 30 heavy (non-hydrogen) atoms. The lowest BCUT2D eigenvalue weighted by molar-refractivity contribution is -0.138. The Hall–Kier alpha value is -2.99. The molecule has 2 fully saturated rings. The van der Waals surface area contributed by atoms with Crippen LogP contribution in [0.1, 0.15) is 48.4 Å². The lowest BCUT2D eigenvalue weighted by Crippen LogP contribution is -2.56. The number of nitrogens with zero attached hydrogens (tertiary/aromatic N) is 2. The predicted molar refractivity (Wildman–Crippen MR) is 115 cm³/mol. The highest BCUT2D eigenvalue weighted by Crippen LogP contribution is 2.58. The highest BCUT2D eigenvalue weighted by Gasteiger charge is 2.53. The number of carbonyl (C=O) groups excluding carboxylic acids is 1. The van der Waals surface area contributed by atoms with Crippen molar-refractivity contribution < 1.29 is 9.90 Å². The zero-order valence-electron chi connectivity index (χ0n) is 17.0. The van der Waals surface area contributed by atoms with Gasteiger partial charge in [-0.2, -0.15) is 0 Å². The van der Waals surface area contributed by atoms with Crippen LogP contribution in [0.2, 0.25) is 0 Å². The summed E-state index contributed by atoms with van der Waals surface area (Å²) < 4.78 is 0. The van der Waals surface area contributed by atoms with Gasteiger partial charge in [0.05, 0.1) is 6.04 Å². The molecule has 3 aromatic rings. The number of carbonyl (C=O) groups is 1. The zero-order valence-corrected chi connectivity index (χ0v) is 17.0. The van der Waals surface area contributed by atoms with Crippen molar-refractivity contribution in [2.24, 2.45) is 17.1 Å². The Morgan fingerprint density at radius 3 is 2.70 bits per heavy atom. The number of aryl methyl sites for hydroxylation is 1. The Kier molecular flexibility index (Phi) is 4.47. The summed E-state index contributed by atoms with van der Waals surface area (Å²) in [6.07, 6.45) is 8.95. The largest absolute Gasteiger partial charge is 0.505 e. The molecule has 1 amide bonds. The van der Waals surface area contributed by atoms with Crippen molar-refractivity contribution in [1.29, 1.82) is 0 Å². The first-order valence-electron chi connectivity index (χ1n) is 10.5. The lowest BCUT2D eigenvalue weighted by Gasteiger charge is -2.56. The number of fused-ring (bicyclic) bond motifs is 1. The molecule has 5 rings (SSSR count).